The number of ether oxygens (including phenoxy) is 1. The molecule has 0 saturated carbocycles. The Balaban J connectivity index is 2.70. The highest BCUT2D eigenvalue weighted by atomic mass is 16.6. The molecule has 0 aromatic heterocycles. The van der Waals surface area contributed by atoms with E-state index in [0.29, 0.717) is 0 Å². The summed E-state index contributed by atoms with van der Waals surface area (Å²) in [4.78, 5) is 0. The van der Waals surface area contributed by atoms with Gasteiger partial charge in [-0.2, -0.15) is 0 Å². The van der Waals surface area contributed by atoms with Crippen LogP contribution in [0.2, 0.25) is 0 Å². The maximum atomic E-state index is 9.39. The van der Waals surface area contributed by atoms with Crippen LogP contribution in [0.4, 0.5) is 0 Å². The predicted molar refractivity (Wildman–Crippen MR) is 44.0 cm³/mol. The molecule has 7 nitrogen and oxygen atoms in total. The van der Waals surface area contributed by atoms with Crippen LogP contribution in [0, 0.1) is 0 Å². The molecule has 0 spiro atoms. The van der Waals surface area contributed by atoms with Gasteiger partial charge in [0, 0.05) is 0 Å². The highest BCUT2D eigenvalue weighted by molar-refractivity contribution is 4.92. The van der Waals surface area contributed by atoms with E-state index in [1.54, 1.807) is 0 Å². The first-order valence-corrected chi connectivity index (χ1v) is 4.23. The van der Waals surface area contributed by atoms with Gasteiger partial charge in [-0.25, -0.2) is 0 Å². The average molecular weight is 209 g/mol. The molecule has 84 valence electrons. The van der Waals surface area contributed by atoms with Crippen LogP contribution in [0.3, 0.4) is 0 Å². The second-order valence-corrected chi connectivity index (χ2v) is 3.31. The number of nitrogens with two attached hydrogens (primary N) is 1. The SMILES string of the molecule is NC(CO)[C@H]1OC(O)[C@H](O)[C@@H](O)[C@H]1O. The lowest BCUT2D eigenvalue weighted by molar-refractivity contribution is -0.286. The van der Waals surface area contributed by atoms with Crippen molar-refractivity contribution in [1.29, 1.82) is 0 Å². The highest BCUT2D eigenvalue weighted by Gasteiger charge is 2.44. The summed E-state index contributed by atoms with van der Waals surface area (Å²) < 4.78 is 4.74. The van der Waals surface area contributed by atoms with Crippen molar-refractivity contribution in [3.8, 4) is 0 Å². The Bertz CT molecular complexity index is 191. The van der Waals surface area contributed by atoms with Crippen molar-refractivity contribution in [2.75, 3.05) is 6.61 Å². The largest absolute Gasteiger partial charge is 0.395 e. The molecule has 0 aromatic carbocycles. The van der Waals surface area contributed by atoms with Gasteiger partial charge in [-0.15, -0.1) is 0 Å². The minimum absolute atomic E-state index is 0.461. The topological polar surface area (TPSA) is 136 Å². The number of aliphatic hydroxyl groups excluding tert-OH is 5. The van der Waals surface area contributed by atoms with Crippen LogP contribution in [0.15, 0.2) is 0 Å². The molecular formula is C7H15NO6. The first kappa shape index (κ1) is 11.8. The van der Waals surface area contributed by atoms with Crippen molar-refractivity contribution in [2.45, 2.75) is 36.7 Å². The molecule has 1 heterocycles. The second kappa shape index (κ2) is 4.49. The first-order chi connectivity index (χ1) is 6.49. The van der Waals surface area contributed by atoms with Crippen LogP contribution in [-0.4, -0.2) is 68.9 Å². The van der Waals surface area contributed by atoms with E-state index in [2.05, 4.69) is 0 Å². The van der Waals surface area contributed by atoms with E-state index in [-0.39, 0.29) is 0 Å². The molecule has 1 rings (SSSR count). The molecular weight excluding hydrogens is 194 g/mol. The zero-order valence-corrected chi connectivity index (χ0v) is 7.39. The molecule has 2 unspecified atom stereocenters. The number of aliphatic hydroxyl groups is 5. The Morgan fingerprint density at radius 1 is 1.07 bits per heavy atom. The van der Waals surface area contributed by atoms with Crippen LogP contribution >= 0.6 is 0 Å². The van der Waals surface area contributed by atoms with E-state index in [9.17, 15) is 10.2 Å². The Kier molecular flexibility index (Phi) is 3.78. The third kappa shape index (κ3) is 2.04. The van der Waals surface area contributed by atoms with Gasteiger partial charge >= 0.3 is 0 Å². The Labute approximate surface area is 80.3 Å². The average Bonchev–Trinajstić information content (AvgIpc) is 2.19. The van der Waals surface area contributed by atoms with Gasteiger partial charge in [-0.1, -0.05) is 0 Å². The lowest BCUT2D eigenvalue weighted by Crippen LogP contribution is -2.62. The standard InChI is InChI=1S/C7H15NO6/c8-2(1-9)6-4(11)3(10)5(12)7(13)14-6/h2-7,9-13H,1,8H2/t2?,3-,4+,5+,6+,7?/m0/s1. The molecule has 7 N–H and O–H groups in total. The normalized spacial score (nSPS) is 46.3. The summed E-state index contributed by atoms with van der Waals surface area (Å²) >= 11 is 0. The van der Waals surface area contributed by atoms with Gasteiger partial charge in [-0.05, 0) is 0 Å². The summed E-state index contributed by atoms with van der Waals surface area (Å²) in [7, 11) is 0. The van der Waals surface area contributed by atoms with Gasteiger partial charge in [0.2, 0.25) is 0 Å². The number of hydrogen-bond donors (Lipinski definition) is 6. The minimum Gasteiger partial charge on any atom is -0.395 e. The van der Waals surface area contributed by atoms with Crippen molar-refractivity contribution in [3.05, 3.63) is 0 Å². The van der Waals surface area contributed by atoms with Gasteiger partial charge in [-0.3, -0.25) is 0 Å². The minimum atomic E-state index is -1.61. The van der Waals surface area contributed by atoms with E-state index in [4.69, 9.17) is 25.8 Å². The van der Waals surface area contributed by atoms with Gasteiger partial charge in [0.25, 0.3) is 0 Å². The maximum absolute atomic E-state index is 9.39. The Morgan fingerprint density at radius 2 is 1.64 bits per heavy atom. The zero-order chi connectivity index (χ0) is 10.9. The Hall–Kier alpha value is -0.280. The number of rotatable bonds is 2. The molecule has 14 heavy (non-hydrogen) atoms. The first-order valence-electron chi connectivity index (χ1n) is 4.23. The van der Waals surface area contributed by atoms with Gasteiger partial charge < -0.3 is 36.0 Å². The molecule has 0 radical (unpaired) electrons. The fraction of sp³-hybridized carbons (Fsp3) is 1.00. The molecule has 1 aliphatic rings. The van der Waals surface area contributed by atoms with Crippen LogP contribution in [0.5, 0.6) is 0 Å². The van der Waals surface area contributed by atoms with E-state index >= 15 is 0 Å². The van der Waals surface area contributed by atoms with Gasteiger partial charge in [0.05, 0.1) is 12.6 Å². The lowest BCUT2D eigenvalue weighted by atomic mass is 9.95. The van der Waals surface area contributed by atoms with Gasteiger partial charge in [0.15, 0.2) is 6.29 Å². The summed E-state index contributed by atoms with van der Waals surface area (Å²) in [6.07, 6.45) is -7.27. The fourth-order valence-corrected chi connectivity index (χ4v) is 1.35. The van der Waals surface area contributed by atoms with E-state index in [1.165, 1.54) is 0 Å². The second-order valence-electron chi connectivity index (χ2n) is 3.31. The maximum Gasteiger partial charge on any atom is 0.184 e. The smallest absolute Gasteiger partial charge is 0.184 e. The number of hydrogen-bond acceptors (Lipinski definition) is 7. The quantitative estimate of drug-likeness (QED) is 0.273. The molecule has 7 heteroatoms. The highest BCUT2D eigenvalue weighted by Crippen LogP contribution is 2.21. The third-order valence-corrected chi connectivity index (χ3v) is 2.26. The third-order valence-electron chi connectivity index (χ3n) is 2.26. The van der Waals surface area contributed by atoms with Crippen molar-refractivity contribution < 1.29 is 30.3 Å². The van der Waals surface area contributed by atoms with E-state index < -0.39 is 43.4 Å². The Morgan fingerprint density at radius 3 is 2.14 bits per heavy atom. The molecule has 0 amide bonds. The zero-order valence-electron chi connectivity index (χ0n) is 7.39. The van der Waals surface area contributed by atoms with E-state index in [1.807, 2.05) is 0 Å². The molecule has 0 aromatic rings. The fourth-order valence-electron chi connectivity index (χ4n) is 1.35. The molecule has 0 aliphatic carbocycles. The molecule has 0 bridgehead atoms. The van der Waals surface area contributed by atoms with Crippen LogP contribution in [-0.2, 0) is 4.74 Å². The summed E-state index contributed by atoms with van der Waals surface area (Å²) in [5.41, 5.74) is 5.37. The van der Waals surface area contributed by atoms with Crippen molar-refractivity contribution in [3.63, 3.8) is 0 Å². The molecule has 1 saturated heterocycles. The van der Waals surface area contributed by atoms with Crippen molar-refractivity contribution in [1.82, 2.24) is 0 Å². The van der Waals surface area contributed by atoms with Crippen LogP contribution < -0.4 is 5.73 Å². The lowest BCUT2D eigenvalue weighted by Gasteiger charge is -2.40. The summed E-state index contributed by atoms with van der Waals surface area (Å²) in [5.74, 6) is 0. The molecule has 1 fully saturated rings. The predicted octanol–water partition coefficient (Wildman–Crippen LogP) is -3.89. The molecule has 1 aliphatic heterocycles. The summed E-state index contributed by atoms with van der Waals surface area (Å²) in [6, 6.07) is -0.929. The monoisotopic (exact) mass is 209 g/mol. The van der Waals surface area contributed by atoms with Crippen molar-refractivity contribution >= 4 is 0 Å². The summed E-state index contributed by atoms with van der Waals surface area (Å²) in [5, 5.41) is 45.5. The van der Waals surface area contributed by atoms with Crippen LogP contribution in [0.1, 0.15) is 0 Å². The van der Waals surface area contributed by atoms with Crippen molar-refractivity contribution in [2.24, 2.45) is 5.73 Å². The molecule has 6 atom stereocenters. The van der Waals surface area contributed by atoms with Crippen LogP contribution in [0.25, 0.3) is 0 Å². The van der Waals surface area contributed by atoms with Gasteiger partial charge in [0.1, 0.15) is 24.4 Å². The van der Waals surface area contributed by atoms with E-state index in [0.717, 1.165) is 0 Å². The summed E-state index contributed by atoms with van der Waals surface area (Å²) in [6.45, 7) is -0.461.